The van der Waals surface area contributed by atoms with Crippen LogP contribution in [0.2, 0.25) is 0 Å². The van der Waals surface area contributed by atoms with E-state index in [1.165, 1.54) is 25.3 Å². The smallest absolute Gasteiger partial charge is 0.273 e. The van der Waals surface area contributed by atoms with Crippen molar-refractivity contribution >= 4 is 17.3 Å². The Kier molecular flexibility index (Phi) is 5.86. The molecule has 0 aliphatic rings. The van der Waals surface area contributed by atoms with E-state index in [0.717, 1.165) is 5.56 Å². The molecule has 24 heavy (non-hydrogen) atoms. The standard InChI is InChI=1S/C17H19N3O4/c1-12(13-6-4-3-5-7-13)18-11-17(21)19-15-9-8-14(20(22)23)10-16(15)24-2/h3-10,12,18H,11H2,1-2H3,(H,19,21)/t12-/m1/s1. The number of nitro groups is 1. The van der Waals surface area contributed by atoms with Crippen LogP contribution in [0.3, 0.4) is 0 Å². The van der Waals surface area contributed by atoms with Crippen LogP contribution in [0.5, 0.6) is 5.75 Å². The number of benzene rings is 2. The summed E-state index contributed by atoms with van der Waals surface area (Å²) in [5.41, 5.74) is 1.38. The molecule has 0 radical (unpaired) electrons. The Labute approximate surface area is 139 Å². The van der Waals surface area contributed by atoms with E-state index >= 15 is 0 Å². The van der Waals surface area contributed by atoms with Crippen molar-refractivity contribution in [1.29, 1.82) is 0 Å². The summed E-state index contributed by atoms with van der Waals surface area (Å²) in [7, 11) is 1.39. The fourth-order valence-corrected chi connectivity index (χ4v) is 2.20. The molecular weight excluding hydrogens is 310 g/mol. The van der Waals surface area contributed by atoms with Crippen LogP contribution in [-0.2, 0) is 4.79 Å². The first-order chi connectivity index (χ1) is 11.5. The average molecular weight is 329 g/mol. The van der Waals surface area contributed by atoms with Gasteiger partial charge in [-0.3, -0.25) is 14.9 Å². The number of non-ortho nitro benzene ring substituents is 1. The van der Waals surface area contributed by atoms with Crippen LogP contribution >= 0.6 is 0 Å². The predicted molar refractivity (Wildman–Crippen MR) is 91.1 cm³/mol. The summed E-state index contributed by atoms with van der Waals surface area (Å²) in [6, 6.07) is 13.8. The first-order valence-electron chi connectivity index (χ1n) is 7.42. The fourth-order valence-electron chi connectivity index (χ4n) is 2.20. The normalized spacial score (nSPS) is 11.6. The quantitative estimate of drug-likeness (QED) is 0.602. The van der Waals surface area contributed by atoms with Gasteiger partial charge in [0.2, 0.25) is 5.91 Å². The lowest BCUT2D eigenvalue weighted by Gasteiger charge is -2.15. The molecule has 0 unspecified atom stereocenters. The minimum absolute atomic E-state index is 0.0238. The maximum atomic E-state index is 12.1. The van der Waals surface area contributed by atoms with Gasteiger partial charge in [0.25, 0.3) is 5.69 Å². The van der Waals surface area contributed by atoms with Crippen molar-refractivity contribution in [2.45, 2.75) is 13.0 Å². The Morgan fingerprint density at radius 2 is 1.96 bits per heavy atom. The van der Waals surface area contributed by atoms with Gasteiger partial charge in [0, 0.05) is 12.1 Å². The molecule has 0 saturated carbocycles. The first-order valence-corrected chi connectivity index (χ1v) is 7.42. The molecule has 0 fully saturated rings. The summed E-state index contributed by atoms with van der Waals surface area (Å²) in [5, 5.41) is 16.6. The van der Waals surface area contributed by atoms with Gasteiger partial charge in [0.05, 0.1) is 30.3 Å². The minimum atomic E-state index is -0.517. The summed E-state index contributed by atoms with van der Waals surface area (Å²) in [4.78, 5) is 22.3. The van der Waals surface area contributed by atoms with E-state index in [2.05, 4.69) is 10.6 Å². The summed E-state index contributed by atoms with van der Waals surface area (Å²) in [6.45, 7) is 2.07. The van der Waals surface area contributed by atoms with Crippen LogP contribution in [0.25, 0.3) is 0 Å². The molecular formula is C17H19N3O4. The number of ether oxygens (including phenoxy) is 1. The molecule has 0 saturated heterocycles. The maximum Gasteiger partial charge on any atom is 0.273 e. The summed E-state index contributed by atoms with van der Waals surface area (Å²) in [5.74, 6) is -0.0152. The predicted octanol–water partition coefficient (Wildman–Crippen LogP) is 2.89. The fraction of sp³-hybridized carbons (Fsp3) is 0.235. The van der Waals surface area contributed by atoms with E-state index in [1.807, 2.05) is 37.3 Å². The zero-order valence-corrected chi connectivity index (χ0v) is 13.5. The van der Waals surface area contributed by atoms with E-state index in [4.69, 9.17) is 4.74 Å². The number of carbonyl (C=O) groups is 1. The topological polar surface area (TPSA) is 93.5 Å². The van der Waals surface area contributed by atoms with E-state index < -0.39 is 4.92 Å². The first kappa shape index (κ1) is 17.4. The number of carbonyl (C=O) groups excluding carboxylic acids is 1. The van der Waals surface area contributed by atoms with Gasteiger partial charge in [-0.15, -0.1) is 0 Å². The highest BCUT2D eigenvalue weighted by molar-refractivity contribution is 5.93. The van der Waals surface area contributed by atoms with E-state index in [-0.39, 0.29) is 29.9 Å². The van der Waals surface area contributed by atoms with Crippen molar-refractivity contribution in [3.8, 4) is 5.75 Å². The lowest BCUT2D eigenvalue weighted by molar-refractivity contribution is -0.384. The van der Waals surface area contributed by atoms with Gasteiger partial charge in [-0.05, 0) is 18.6 Å². The maximum absolute atomic E-state index is 12.1. The number of rotatable bonds is 7. The molecule has 7 heteroatoms. The number of nitro benzene ring substituents is 1. The number of nitrogens with zero attached hydrogens (tertiary/aromatic N) is 1. The molecule has 2 aromatic rings. The molecule has 2 aromatic carbocycles. The molecule has 7 nitrogen and oxygen atoms in total. The van der Waals surface area contributed by atoms with Crippen LogP contribution in [0.1, 0.15) is 18.5 Å². The number of anilines is 1. The van der Waals surface area contributed by atoms with E-state index in [0.29, 0.717) is 5.69 Å². The van der Waals surface area contributed by atoms with Crippen molar-refractivity contribution in [2.24, 2.45) is 0 Å². The summed E-state index contributed by atoms with van der Waals surface area (Å²) < 4.78 is 5.09. The molecule has 2 N–H and O–H groups in total. The van der Waals surface area contributed by atoms with Crippen LogP contribution in [0, 0.1) is 10.1 Å². The molecule has 0 aromatic heterocycles. The van der Waals surface area contributed by atoms with Gasteiger partial charge in [-0.2, -0.15) is 0 Å². The van der Waals surface area contributed by atoms with Gasteiger partial charge < -0.3 is 15.4 Å². The third-order valence-electron chi connectivity index (χ3n) is 3.54. The van der Waals surface area contributed by atoms with Crippen molar-refractivity contribution < 1.29 is 14.5 Å². The molecule has 0 aliphatic heterocycles. The molecule has 0 bridgehead atoms. The molecule has 0 aliphatic carbocycles. The van der Waals surface area contributed by atoms with Crippen LogP contribution in [-0.4, -0.2) is 24.5 Å². The van der Waals surface area contributed by atoms with Gasteiger partial charge >= 0.3 is 0 Å². The average Bonchev–Trinajstić information content (AvgIpc) is 2.60. The molecule has 1 atom stereocenters. The largest absolute Gasteiger partial charge is 0.494 e. The van der Waals surface area contributed by atoms with Gasteiger partial charge in [0.1, 0.15) is 5.75 Å². The highest BCUT2D eigenvalue weighted by Crippen LogP contribution is 2.28. The second kappa shape index (κ2) is 8.07. The third kappa shape index (κ3) is 4.53. The lowest BCUT2D eigenvalue weighted by Crippen LogP contribution is -2.30. The lowest BCUT2D eigenvalue weighted by atomic mass is 10.1. The summed E-state index contributed by atoms with van der Waals surface area (Å²) in [6.07, 6.45) is 0. The van der Waals surface area contributed by atoms with Crippen molar-refractivity contribution in [1.82, 2.24) is 5.32 Å². The minimum Gasteiger partial charge on any atom is -0.494 e. The molecule has 0 heterocycles. The Balaban J connectivity index is 1.96. The Morgan fingerprint density at radius 3 is 2.58 bits per heavy atom. The Bertz CT molecular complexity index is 719. The molecule has 0 spiro atoms. The van der Waals surface area contributed by atoms with Gasteiger partial charge in [-0.1, -0.05) is 30.3 Å². The number of methoxy groups -OCH3 is 1. The SMILES string of the molecule is COc1cc([N+](=O)[O-])ccc1NC(=O)CN[C@H](C)c1ccccc1. The van der Waals surface area contributed by atoms with Gasteiger partial charge in [-0.25, -0.2) is 0 Å². The van der Waals surface area contributed by atoms with Crippen LogP contribution in [0.15, 0.2) is 48.5 Å². The second-order valence-corrected chi connectivity index (χ2v) is 5.20. The van der Waals surface area contributed by atoms with Gasteiger partial charge in [0.15, 0.2) is 0 Å². The Morgan fingerprint density at radius 1 is 1.25 bits per heavy atom. The van der Waals surface area contributed by atoms with Crippen molar-refractivity contribution in [3.63, 3.8) is 0 Å². The number of hydrogen-bond acceptors (Lipinski definition) is 5. The zero-order valence-electron chi connectivity index (χ0n) is 13.5. The number of nitrogens with one attached hydrogen (secondary N) is 2. The molecule has 1 amide bonds. The molecule has 2 rings (SSSR count). The van der Waals surface area contributed by atoms with Crippen LogP contribution < -0.4 is 15.4 Å². The number of hydrogen-bond donors (Lipinski definition) is 2. The highest BCUT2D eigenvalue weighted by atomic mass is 16.6. The highest BCUT2D eigenvalue weighted by Gasteiger charge is 2.14. The van der Waals surface area contributed by atoms with Crippen LogP contribution in [0.4, 0.5) is 11.4 Å². The monoisotopic (exact) mass is 329 g/mol. The number of amides is 1. The van der Waals surface area contributed by atoms with Crippen molar-refractivity contribution in [2.75, 3.05) is 19.0 Å². The summed E-state index contributed by atoms with van der Waals surface area (Å²) >= 11 is 0. The van der Waals surface area contributed by atoms with E-state index in [1.54, 1.807) is 0 Å². The second-order valence-electron chi connectivity index (χ2n) is 5.20. The molecule has 126 valence electrons. The Hall–Kier alpha value is -2.93. The third-order valence-corrected chi connectivity index (χ3v) is 3.54. The van der Waals surface area contributed by atoms with E-state index in [9.17, 15) is 14.9 Å². The van der Waals surface area contributed by atoms with Crippen molar-refractivity contribution in [3.05, 3.63) is 64.2 Å². The zero-order chi connectivity index (χ0) is 17.5.